The van der Waals surface area contributed by atoms with Crippen molar-refractivity contribution in [1.29, 1.82) is 10.5 Å². The van der Waals surface area contributed by atoms with Crippen molar-refractivity contribution in [3.8, 4) is 34.7 Å². The fourth-order valence-corrected chi connectivity index (χ4v) is 5.99. The van der Waals surface area contributed by atoms with E-state index < -0.39 is 49.5 Å². The van der Waals surface area contributed by atoms with Crippen LogP contribution in [0.3, 0.4) is 0 Å². The molecule has 0 fully saturated rings. The average molecular weight is 797 g/mol. The predicted molar refractivity (Wildman–Crippen MR) is 187 cm³/mol. The molecule has 282 valence electrons. The molecule has 2 aromatic carbocycles. The number of hydrogen-bond donors (Lipinski definition) is 0. The molecule has 0 aliphatic carbocycles. The lowest BCUT2D eigenvalue weighted by atomic mass is 10.1. The number of hydrogen-bond acceptors (Lipinski definition) is 9. The molecule has 0 aliphatic heterocycles. The SMILES string of the molecule is CS(=O)(=O)c1nc(-c2ccn(Cc3cccc(C#N)c3)c2)cc(C(F)(F)F)n1.CS(=O)c1nc(-c2ccn(Cc3cccc(C#N)c3)c2)cc(C(F)(F)F)n1. The monoisotopic (exact) mass is 796 g/mol. The molecule has 19 heteroatoms. The summed E-state index contributed by atoms with van der Waals surface area (Å²) in [6, 6.07) is 22.8. The molecule has 4 heterocycles. The van der Waals surface area contributed by atoms with Gasteiger partial charge in [0.15, 0.2) is 0 Å². The molecule has 11 nitrogen and oxygen atoms in total. The topological polar surface area (TPSA) is 160 Å². The van der Waals surface area contributed by atoms with E-state index in [4.69, 9.17) is 10.5 Å². The molecule has 0 amide bonds. The molecule has 6 rings (SSSR count). The van der Waals surface area contributed by atoms with Crippen LogP contribution < -0.4 is 0 Å². The highest BCUT2D eigenvalue weighted by molar-refractivity contribution is 7.90. The fraction of sp³-hybridized carbons (Fsp3) is 0.167. The van der Waals surface area contributed by atoms with Crippen LogP contribution >= 0.6 is 0 Å². The first-order valence-electron chi connectivity index (χ1n) is 15.6. The Bertz CT molecular complexity index is 2590. The smallest absolute Gasteiger partial charge is 0.349 e. The largest absolute Gasteiger partial charge is 0.433 e. The minimum absolute atomic E-state index is 0.0482. The van der Waals surface area contributed by atoms with Crippen molar-refractivity contribution < 1.29 is 39.0 Å². The number of aromatic nitrogens is 6. The third-order valence-corrected chi connectivity index (χ3v) is 9.06. The van der Waals surface area contributed by atoms with Crippen LogP contribution in [0.15, 0.2) is 108 Å². The summed E-state index contributed by atoms with van der Waals surface area (Å²) in [5, 5.41) is 16.7. The van der Waals surface area contributed by atoms with E-state index in [9.17, 15) is 39.0 Å². The van der Waals surface area contributed by atoms with E-state index in [2.05, 4.69) is 26.0 Å². The minimum atomic E-state index is -4.81. The van der Waals surface area contributed by atoms with Crippen LogP contribution in [0.5, 0.6) is 0 Å². The van der Waals surface area contributed by atoms with E-state index in [0.29, 0.717) is 41.4 Å². The molecule has 1 atom stereocenters. The predicted octanol–water partition coefficient (Wildman–Crippen LogP) is 6.91. The molecule has 0 saturated heterocycles. The maximum atomic E-state index is 13.1. The quantitative estimate of drug-likeness (QED) is 0.118. The van der Waals surface area contributed by atoms with Gasteiger partial charge in [0.2, 0.25) is 20.2 Å². The summed E-state index contributed by atoms with van der Waals surface area (Å²) in [6.07, 6.45) is -0.969. The van der Waals surface area contributed by atoms with Gasteiger partial charge in [-0.05, 0) is 59.7 Å². The van der Waals surface area contributed by atoms with E-state index in [1.807, 2.05) is 18.2 Å². The molecule has 6 aromatic rings. The zero-order valence-corrected chi connectivity index (χ0v) is 30.2. The summed E-state index contributed by atoms with van der Waals surface area (Å²) in [6.45, 7) is 0.824. The van der Waals surface area contributed by atoms with E-state index in [-0.39, 0.29) is 16.5 Å². The number of benzene rings is 2. The normalized spacial score (nSPS) is 12.3. The van der Waals surface area contributed by atoms with Crippen molar-refractivity contribution in [2.24, 2.45) is 0 Å². The van der Waals surface area contributed by atoms with Crippen LogP contribution in [-0.2, 0) is 46.1 Å². The first-order valence-corrected chi connectivity index (χ1v) is 19.0. The number of halogens is 6. The number of rotatable bonds is 8. The second-order valence-electron chi connectivity index (χ2n) is 11.8. The Morgan fingerprint density at radius 2 is 1.15 bits per heavy atom. The summed E-state index contributed by atoms with van der Waals surface area (Å²) >= 11 is 0. The van der Waals surface area contributed by atoms with Crippen molar-refractivity contribution in [2.75, 3.05) is 12.5 Å². The Balaban J connectivity index is 0.000000211. The second-order valence-corrected chi connectivity index (χ2v) is 15.0. The Hall–Kier alpha value is -6.18. The summed E-state index contributed by atoms with van der Waals surface area (Å²) < 4.78 is 117. The molecule has 1 unspecified atom stereocenters. The summed E-state index contributed by atoms with van der Waals surface area (Å²) in [4.78, 5) is 14.3. The Morgan fingerprint density at radius 3 is 1.56 bits per heavy atom. The van der Waals surface area contributed by atoms with Gasteiger partial charge in [-0.1, -0.05) is 24.3 Å². The van der Waals surface area contributed by atoms with Gasteiger partial charge < -0.3 is 9.13 Å². The maximum Gasteiger partial charge on any atom is 0.433 e. The van der Waals surface area contributed by atoms with Crippen LogP contribution in [0.2, 0.25) is 0 Å². The van der Waals surface area contributed by atoms with Crippen molar-refractivity contribution in [2.45, 2.75) is 35.8 Å². The van der Waals surface area contributed by atoms with E-state index in [0.717, 1.165) is 23.4 Å². The molecule has 0 spiro atoms. The number of alkyl halides is 6. The lowest BCUT2D eigenvalue weighted by Gasteiger charge is -2.09. The minimum Gasteiger partial charge on any atom is -0.349 e. The third-order valence-electron chi connectivity index (χ3n) is 7.52. The molecule has 0 aliphatic rings. The van der Waals surface area contributed by atoms with Gasteiger partial charge in [0.1, 0.15) is 11.4 Å². The van der Waals surface area contributed by atoms with E-state index in [1.165, 1.54) is 12.3 Å². The number of sulfone groups is 1. The van der Waals surface area contributed by atoms with Gasteiger partial charge >= 0.3 is 12.4 Å². The molecule has 0 saturated carbocycles. The highest BCUT2D eigenvalue weighted by atomic mass is 32.2. The first kappa shape index (κ1) is 40.0. The van der Waals surface area contributed by atoms with Crippen LogP contribution in [0.1, 0.15) is 33.6 Å². The van der Waals surface area contributed by atoms with Crippen LogP contribution in [0.25, 0.3) is 22.5 Å². The van der Waals surface area contributed by atoms with Gasteiger partial charge in [-0.15, -0.1) is 0 Å². The standard InChI is InChI=1S/C18H13F3N4O2S.C18H13F3N4OS/c1-28(26,27)17-23-15(8-16(24-17)18(19,20)21)14-5-6-25(11-14)10-13-4-2-3-12(7-13)9-22;1-27(26)17-23-15(8-16(24-17)18(19,20)21)14-5-6-25(11-14)10-13-4-2-3-12(7-13)9-22/h2-8,11H,10H2,1H3;2-8,11H,10H2,1H3. The molecular formula is C36H26F6N8O3S2. The van der Waals surface area contributed by atoms with Gasteiger partial charge in [-0.3, -0.25) is 4.21 Å². The molecule has 0 bridgehead atoms. The highest BCUT2D eigenvalue weighted by Gasteiger charge is 2.35. The van der Waals surface area contributed by atoms with Crippen LogP contribution in [0, 0.1) is 22.7 Å². The summed E-state index contributed by atoms with van der Waals surface area (Å²) in [5.41, 5.74) is 0.940. The molecule has 55 heavy (non-hydrogen) atoms. The Labute approximate surface area is 312 Å². The second kappa shape index (κ2) is 16.0. The van der Waals surface area contributed by atoms with Crippen LogP contribution in [-0.4, -0.2) is 54.2 Å². The molecule has 0 radical (unpaired) electrons. The van der Waals surface area contributed by atoms with Gasteiger partial charge in [0.25, 0.3) is 0 Å². The van der Waals surface area contributed by atoms with E-state index >= 15 is 0 Å². The number of nitriles is 2. The lowest BCUT2D eigenvalue weighted by Crippen LogP contribution is -2.14. The molecular weight excluding hydrogens is 771 g/mol. The average Bonchev–Trinajstić information content (AvgIpc) is 3.80. The molecule has 0 N–H and O–H groups in total. The van der Waals surface area contributed by atoms with Gasteiger partial charge in [-0.2, -0.15) is 36.9 Å². The van der Waals surface area contributed by atoms with Crippen molar-refractivity contribution in [3.05, 3.63) is 131 Å². The van der Waals surface area contributed by atoms with Gasteiger partial charge in [0, 0.05) is 61.5 Å². The summed E-state index contributed by atoms with van der Waals surface area (Å²) in [5.74, 6) is 0. The molecule has 4 aromatic heterocycles. The van der Waals surface area contributed by atoms with E-state index in [1.54, 1.807) is 76.4 Å². The maximum absolute atomic E-state index is 13.1. The first-order chi connectivity index (χ1) is 25.8. The third kappa shape index (κ3) is 10.5. The van der Waals surface area contributed by atoms with Crippen LogP contribution in [0.4, 0.5) is 26.3 Å². The lowest BCUT2D eigenvalue weighted by molar-refractivity contribution is -0.142. The highest BCUT2D eigenvalue weighted by Crippen LogP contribution is 2.32. The zero-order valence-electron chi connectivity index (χ0n) is 28.5. The zero-order chi connectivity index (χ0) is 40.1. The number of nitrogens with zero attached hydrogens (tertiary/aromatic N) is 8. The van der Waals surface area contributed by atoms with Gasteiger partial charge in [-0.25, -0.2) is 28.4 Å². The van der Waals surface area contributed by atoms with Gasteiger partial charge in [0.05, 0.1) is 45.5 Å². The fourth-order valence-electron chi connectivity index (χ4n) is 5.01. The Kier molecular flexibility index (Phi) is 11.7. The van der Waals surface area contributed by atoms with Crippen molar-refractivity contribution in [1.82, 2.24) is 29.1 Å². The Morgan fingerprint density at radius 1 is 0.691 bits per heavy atom. The summed E-state index contributed by atoms with van der Waals surface area (Å²) in [7, 11) is -5.77. The van der Waals surface area contributed by atoms with Crippen molar-refractivity contribution in [3.63, 3.8) is 0 Å². The van der Waals surface area contributed by atoms with Crippen molar-refractivity contribution >= 4 is 20.6 Å².